The van der Waals surface area contributed by atoms with Crippen LogP contribution in [0.4, 0.5) is 0 Å². The first-order valence-electron chi connectivity index (χ1n) is 6.78. The van der Waals surface area contributed by atoms with Crippen LogP contribution in [0, 0.1) is 0 Å². The van der Waals surface area contributed by atoms with Gasteiger partial charge in [0.25, 0.3) is 0 Å². The summed E-state index contributed by atoms with van der Waals surface area (Å²) in [7, 11) is -2.24. The summed E-state index contributed by atoms with van der Waals surface area (Å²) in [5, 5.41) is 2.79. The largest absolute Gasteiger partial charge is 0.353 e. The maximum absolute atomic E-state index is 12.3. The van der Waals surface area contributed by atoms with E-state index in [-0.39, 0.29) is 23.4 Å². The number of likely N-dealkylation sites (N-methyl/N-ethyl adjacent to an activating group) is 1. The van der Waals surface area contributed by atoms with Crippen LogP contribution in [0.3, 0.4) is 0 Å². The van der Waals surface area contributed by atoms with Gasteiger partial charge < -0.3 is 5.32 Å². The Bertz CT molecular complexity index is 572. The fourth-order valence-electron chi connectivity index (χ4n) is 1.90. The predicted molar refractivity (Wildman–Crippen MR) is 86.5 cm³/mol. The highest BCUT2D eigenvalue weighted by atomic mass is 79.9. The Labute approximate surface area is 134 Å². The number of hydrogen-bond donors (Lipinski definition) is 1. The molecule has 0 saturated carbocycles. The molecule has 0 unspecified atom stereocenters. The highest BCUT2D eigenvalue weighted by molar-refractivity contribution is 9.10. The Kier molecular flexibility index (Phi) is 6.83. The molecular formula is C14H21BrN2O3S. The van der Waals surface area contributed by atoms with Crippen LogP contribution in [0.1, 0.15) is 26.7 Å². The monoisotopic (exact) mass is 376 g/mol. The van der Waals surface area contributed by atoms with E-state index in [1.54, 1.807) is 12.1 Å². The molecule has 1 atom stereocenters. The number of sulfonamides is 1. The second-order valence-electron chi connectivity index (χ2n) is 4.97. The van der Waals surface area contributed by atoms with Gasteiger partial charge >= 0.3 is 0 Å². The number of carbonyl (C=O) groups excluding carboxylic acids is 1. The van der Waals surface area contributed by atoms with Gasteiger partial charge in [0.15, 0.2) is 0 Å². The topological polar surface area (TPSA) is 66.5 Å². The Hall–Kier alpha value is -0.920. The highest BCUT2D eigenvalue weighted by Crippen LogP contribution is 2.17. The van der Waals surface area contributed by atoms with Gasteiger partial charge in [-0.15, -0.1) is 0 Å². The van der Waals surface area contributed by atoms with Crippen molar-refractivity contribution in [3.05, 3.63) is 28.7 Å². The highest BCUT2D eigenvalue weighted by Gasteiger charge is 2.23. The number of hydrogen-bond acceptors (Lipinski definition) is 3. The lowest BCUT2D eigenvalue weighted by Gasteiger charge is -2.19. The molecular weight excluding hydrogens is 356 g/mol. The number of benzene rings is 1. The van der Waals surface area contributed by atoms with E-state index < -0.39 is 10.0 Å². The molecule has 0 bridgehead atoms. The van der Waals surface area contributed by atoms with Gasteiger partial charge in [-0.1, -0.05) is 29.3 Å². The molecule has 0 radical (unpaired) electrons. The van der Waals surface area contributed by atoms with Crippen molar-refractivity contribution in [3.8, 4) is 0 Å². The average molecular weight is 377 g/mol. The van der Waals surface area contributed by atoms with Crippen molar-refractivity contribution >= 4 is 31.9 Å². The molecule has 0 aromatic heterocycles. The quantitative estimate of drug-likeness (QED) is 0.794. The van der Waals surface area contributed by atoms with E-state index in [1.807, 2.05) is 13.8 Å². The number of nitrogens with one attached hydrogen (secondary N) is 1. The van der Waals surface area contributed by atoms with Crippen molar-refractivity contribution in [1.82, 2.24) is 9.62 Å². The zero-order valence-corrected chi connectivity index (χ0v) is 14.9. The lowest BCUT2D eigenvalue weighted by Crippen LogP contribution is -2.41. The van der Waals surface area contributed by atoms with Crippen LogP contribution in [0.5, 0.6) is 0 Å². The minimum atomic E-state index is -3.65. The van der Waals surface area contributed by atoms with Gasteiger partial charge in [0.2, 0.25) is 15.9 Å². The smallest absolute Gasteiger partial charge is 0.243 e. The summed E-state index contributed by atoms with van der Waals surface area (Å²) in [5.74, 6) is -0.292. The van der Waals surface area contributed by atoms with Gasteiger partial charge in [-0.3, -0.25) is 4.79 Å². The van der Waals surface area contributed by atoms with Gasteiger partial charge in [-0.25, -0.2) is 8.42 Å². The van der Waals surface area contributed by atoms with E-state index in [2.05, 4.69) is 21.2 Å². The fourth-order valence-corrected chi connectivity index (χ4v) is 3.29. The van der Waals surface area contributed by atoms with Crippen LogP contribution in [0.25, 0.3) is 0 Å². The van der Waals surface area contributed by atoms with Crippen molar-refractivity contribution in [1.29, 1.82) is 0 Å². The Morgan fingerprint density at radius 1 is 1.33 bits per heavy atom. The molecule has 0 aliphatic rings. The van der Waals surface area contributed by atoms with Crippen LogP contribution in [-0.2, 0) is 14.8 Å². The molecule has 0 spiro atoms. The van der Waals surface area contributed by atoms with Gasteiger partial charge in [-0.05, 0) is 37.6 Å². The van der Waals surface area contributed by atoms with Crippen LogP contribution in [0.15, 0.2) is 33.6 Å². The van der Waals surface area contributed by atoms with Crippen LogP contribution >= 0.6 is 15.9 Å². The first kappa shape index (κ1) is 18.1. The number of carbonyl (C=O) groups is 1. The molecule has 0 aliphatic heterocycles. The second kappa shape index (κ2) is 7.91. The van der Waals surface area contributed by atoms with Gasteiger partial charge in [0, 0.05) is 17.6 Å². The summed E-state index contributed by atoms with van der Waals surface area (Å²) in [5.41, 5.74) is 0. The Morgan fingerprint density at radius 2 is 1.90 bits per heavy atom. The third-order valence-corrected chi connectivity index (χ3v) is 5.36. The summed E-state index contributed by atoms with van der Waals surface area (Å²) in [4.78, 5) is 12.0. The normalized spacial score (nSPS) is 13.2. The Morgan fingerprint density at radius 3 is 2.43 bits per heavy atom. The molecule has 1 N–H and O–H groups in total. The first-order valence-corrected chi connectivity index (χ1v) is 9.02. The summed E-state index contributed by atoms with van der Waals surface area (Å²) < 4.78 is 26.5. The molecule has 5 nitrogen and oxygen atoms in total. The fraction of sp³-hybridized carbons (Fsp3) is 0.500. The standard InChI is InChI=1S/C14H21BrN2O3S/c1-4-5-11(2)16-14(18)10-17(3)21(19,20)13-8-6-12(15)7-9-13/h6-9,11H,4-5,10H2,1-3H3,(H,16,18)/t11-/m1/s1. The summed E-state index contributed by atoms with van der Waals surface area (Å²) in [6, 6.07) is 6.38. The van der Waals surface area contributed by atoms with Crippen LogP contribution in [-0.4, -0.2) is 38.3 Å². The minimum absolute atomic E-state index is 0.0475. The molecule has 0 saturated heterocycles. The lowest BCUT2D eigenvalue weighted by atomic mass is 10.2. The maximum atomic E-state index is 12.3. The maximum Gasteiger partial charge on any atom is 0.243 e. The Balaban J connectivity index is 2.71. The molecule has 1 aromatic rings. The van der Waals surface area contributed by atoms with E-state index in [9.17, 15) is 13.2 Å². The third kappa shape index (κ3) is 5.41. The number of nitrogens with zero attached hydrogens (tertiary/aromatic N) is 1. The molecule has 1 aromatic carbocycles. The number of rotatable bonds is 7. The van der Waals surface area contributed by atoms with Crippen molar-refractivity contribution in [2.24, 2.45) is 0 Å². The van der Waals surface area contributed by atoms with E-state index in [1.165, 1.54) is 19.2 Å². The van der Waals surface area contributed by atoms with Gasteiger partial charge in [0.05, 0.1) is 11.4 Å². The van der Waals surface area contributed by atoms with E-state index in [4.69, 9.17) is 0 Å². The molecule has 0 fully saturated rings. The summed E-state index contributed by atoms with van der Waals surface area (Å²) >= 11 is 3.26. The number of halogens is 1. The molecule has 0 aliphatic carbocycles. The predicted octanol–water partition coefficient (Wildman–Crippen LogP) is 2.37. The van der Waals surface area contributed by atoms with Crippen LogP contribution in [0.2, 0.25) is 0 Å². The van der Waals surface area contributed by atoms with Crippen molar-refractivity contribution in [2.75, 3.05) is 13.6 Å². The van der Waals surface area contributed by atoms with Crippen molar-refractivity contribution in [2.45, 2.75) is 37.6 Å². The first-order chi connectivity index (χ1) is 9.77. The van der Waals surface area contributed by atoms with E-state index >= 15 is 0 Å². The molecule has 1 rings (SSSR count). The third-order valence-electron chi connectivity index (χ3n) is 3.02. The average Bonchev–Trinajstić information content (AvgIpc) is 2.39. The lowest BCUT2D eigenvalue weighted by molar-refractivity contribution is -0.121. The zero-order chi connectivity index (χ0) is 16.0. The molecule has 1 amide bonds. The molecule has 0 heterocycles. The van der Waals surface area contributed by atoms with Gasteiger partial charge in [-0.2, -0.15) is 4.31 Å². The van der Waals surface area contributed by atoms with E-state index in [0.717, 1.165) is 21.6 Å². The molecule has 118 valence electrons. The van der Waals surface area contributed by atoms with Crippen molar-refractivity contribution in [3.63, 3.8) is 0 Å². The van der Waals surface area contributed by atoms with Crippen LogP contribution < -0.4 is 5.32 Å². The van der Waals surface area contributed by atoms with E-state index in [0.29, 0.717) is 0 Å². The second-order valence-corrected chi connectivity index (χ2v) is 7.93. The summed E-state index contributed by atoms with van der Waals surface area (Å²) in [6.07, 6.45) is 1.84. The summed E-state index contributed by atoms with van der Waals surface area (Å²) in [6.45, 7) is 3.75. The number of amides is 1. The zero-order valence-electron chi connectivity index (χ0n) is 12.5. The van der Waals surface area contributed by atoms with Gasteiger partial charge in [0.1, 0.15) is 0 Å². The minimum Gasteiger partial charge on any atom is -0.353 e. The molecule has 21 heavy (non-hydrogen) atoms. The van der Waals surface area contributed by atoms with Crippen molar-refractivity contribution < 1.29 is 13.2 Å². The SMILES string of the molecule is CCC[C@@H](C)NC(=O)CN(C)S(=O)(=O)c1ccc(Br)cc1. The molecule has 7 heteroatoms.